The van der Waals surface area contributed by atoms with Gasteiger partial charge in [0.2, 0.25) is 11.8 Å². The van der Waals surface area contributed by atoms with Gasteiger partial charge in [0.05, 0.1) is 11.5 Å². The van der Waals surface area contributed by atoms with Gasteiger partial charge in [0.25, 0.3) is 0 Å². The van der Waals surface area contributed by atoms with Gasteiger partial charge in [0, 0.05) is 17.4 Å². The van der Waals surface area contributed by atoms with Crippen LogP contribution in [0.1, 0.15) is 25.3 Å². The largest absolute Gasteiger partial charge is 0.354 e. The van der Waals surface area contributed by atoms with Crippen LogP contribution in [0, 0.1) is 11.7 Å². The number of benzene rings is 1. The minimum atomic E-state index is -2.98. The van der Waals surface area contributed by atoms with Crippen LogP contribution in [0.5, 0.6) is 0 Å². The number of amides is 2. The summed E-state index contributed by atoms with van der Waals surface area (Å²) in [6.45, 7) is 1.83. The highest BCUT2D eigenvalue weighted by atomic mass is 79.9. The molecule has 1 aromatic carbocycles. The van der Waals surface area contributed by atoms with Gasteiger partial charge in [-0.3, -0.25) is 9.59 Å². The van der Waals surface area contributed by atoms with Gasteiger partial charge in [0.1, 0.15) is 11.9 Å². The van der Waals surface area contributed by atoms with E-state index in [2.05, 4.69) is 26.6 Å². The minimum absolute atomic E-state index is 0.0665. The van der Waals surface area contributed by atoms with Crippen molar-refractivity contribution in [3.8, 4) is 0 Å². The molecule has 1 fully saturated rings. The fourth-order valence-corrected chi connectivity index (χ4v) is 4.98. The van der Waals surface area contributed by atoms with Crippen molar-refractivity contribution < 1.29 is 22.4 Å². The maximum absolute atomic E-state index is 13.7. The normalized spacial score (nSPS) is 19.7. The van der Waals surface area contributed by atoms with Crippen LogP contribution in [0.25, 0.3) is 0 Å². The number of aryl methyl sites for hydroxylation is 1. The van der Waals surface area contributed by atoms with Crippen LogP contribution in [-0.2, 0) is 25.8 Å². The third-order valence-electron chi connectivity index (χ3n) is 4.30. The summed E-state index contributed by atoms with van der Waals surface area (Å²) in [4.78, 5) is 24.0. The summed E-state index contributed by atoms with van der Waals surface area (Å²) in [5.74, 6) is -0.924. The SMILES string of the molecule is CC(NC(=O)CCc1ccc(Br)cc1F)C(=O)NCC1CCS(=O)(=O)C1. The summed E-state index contributed by atoms with van der Waals surface area (Å²) in [6.07, 6.45) is 0.846. The highest BCUT2D eigenvalue weighted by molar-refractivity contribution is 9.10. The number of carbonyl (C=O) groups excluding carboxylic acids is 2. The van der Waals surface area contributed by atoms with Gasteiger partial charge in [-0.2, -0.15) is 0 Å². The summed E-state index contributed by atoms with van der Waals surface area (Å²) in [5, 5.41) is 5.24. The Morgan fingerprint density at radius 2 is 2.12 bits per heavy atom. The number of rotatable bonds is 7. The van der Waals surface area contributed by atoms with E-state index in [-0.39, 0.29) is 54.4 Å². The second kappa shape index (κ2) is 8.94. The van der Waals surface area contributed by atoms with Crippen molar-refractivity contribution in [1.82, 2.24) is 10.6 Å². The number of hydrogen-bond acceptors (Lipinski definition) is 4. The van der Waals surface area contributed by atoms with Gasteiger partial charge in [-0.25, -0.2) is 12.8 Å². The van der Waals surface area contributed by atoms with E-state index >= 15 is 0 Å². The second-order valence-electron chi connectivity index (χ2n) is 6.54. The molecule has 2 amide bonds. The first-order chi connectivity index (χ1) is 12.2. The quantitative estimate of drug-likeness (QED) is 0.661. The lowest BCUT2D eigenvalue weighted by molar-refractivity contribution is -0.128. The molecule has 0 aromatic heterocycles. The predicted octanol–water partition coefficient (Wildman–Crippen LogP) is 1.58. The lowest BCUT2D eigenvalue weighted by Gasteiger charge is -2.16. The summed E-state index contributed by atoms with van der Waals surface area (Å²) in [5.41, 5.74) is 0.433. The van der Waals surface area contributed by atoms with Crippen LogP contribution in [-0.4, -0.2) is 44.3 Å². The van der Waals surface area contributed by atoms with E-state index in [4.69, 9.17) is 0 Å². The number of halogens is 2. The zero-order valence-electron chi connectivity index (χ0n) is 14.4. The maximum Gasteiger partial charge on any atom is 0.242 e. The molecule has 2 N–H and O–H groups in total. The Bertz CT molecular complexity index is 785. The van der Waals surface area contributed by atoms with Gasteiger partial charge in [0.15, 0.2) is 9.84 Å². The van der Waals surface area contributed by atoms with Gasteiger partial charge in [-0.05, 0) is 43.4 Å². The van der Waals surface area contributed by atoms with Crippen LogP contribution in [0.2, 0.25) is 0 Å². The molecule has 26 heavy (non-hydrogen) atoms. The Morgan fingerprint density at radius 3 is 2.73 bits per heavy atom. The molecule has 2 rings (SSSR count). The molecule has 1 saturated heterocycles. The van der Waals surface area contributed by atoms with Crippen molar-refractivity contribution in [2.45, 2.75) is 32.2 Å². The second-order valence-corrected chi connectivity index (χ2v) is 9.68. The van der Waals surface area contributed by atoms with Crippen molar-refractivity contribution >= 4 is 37.6 Å². The molecule has 1 aliphatic heterocycles. The zero-order valence-corrected chi connectivity index (χ0v) is 16.8. The topological polar surface area (TPSA) is 92.3 Å². The average molecular weight is 449 g/mol. The minimum Gasteiger partial charge on any atom is -0.354 e. The van der Waals surface area contributed by atoms with E-state index in [1.54, 1.807) is 19.1 Å². The van der Waals surface area contributed by atoms with Gasteiger partial charge >= 0.3 is 0 Å². The van der Waals surface area contributed by atoms with Gasteiger partial charge < -0.3 is 10.6 Å². The number of nitrogens with one attached hydrogen (secondary N) is 2. The molecule has 9 heteroatoms. The Kier molecular flexibility index (Phi) is 7.16. The Labute approximate surface area is 161 Å². The maximum atomic E-state index is 13.7. The molecular weight excluding hydrogens is 427 g/mol. The third-order valence-corrected chi connectivity index (χ3v) is 6.63. The van der Waals surface area contributed by atoms with E-state index in [1.165, 1.54) is 6.07 Å². The van der Waals surface area contributed by atoms with Crippen molar-refractivity contribution in [2.24, 2.45) is 5.92 Å². The summed E-state index contributed by atoms with van der Waals surface area (Å²) < 4.78 is 37.1. The fourth-order valence-electron chi connectivity index (χ4n) is 2.78. The first-order valence-electron chi connectivity index (χ1n) is 8.38. The van der Waals surface area contributed by atoms with E-state index in [1.807, 2.05) is 0 Å². The molecule has 0 bridgehead atoms. The van der Waals surface area contributed by atoms with Crippen LogP contribution in [0.3, 0.4) is 0 Å². The number of sulfone groups is 1. The highest BCUT2D eigenvalue weighted by Gasteiger charge is 2.28. The molecule has 1 aromatic rings. The smallest absolute Gasteiger partial charge is 0.242 e. The van der Waals surface area contributed by atoms with E-state index in [9.17, 15) is 22.4 Å². The van der Waals surface area contributed by atoms with Crippen molar-refractivity contribution in [3.63, 3.8) is 0 Å². The molecular formula is C17H22BrFN2O4S. The molecule has 0 aliphatic carbocycles. The molecule has 1 heterocycles. The van der Waals surface area contributed by atoms with Crippen LogP contribution >= 0.6 is 15.9 Å². The Hall–Kier alpha value is -1.48. The van der Waals surface area contributed by atoms with E-state index in [0.29, 0.717) is 16.5 Å². The van der Waals surface area contributed by atoms with Crippen LogP contribution < -0.4 is 10.6 Å². The molecule has 1 aliphatic rings. The lowest BCUT2D eigenvalue weighted by Crippen LogP contribution is -2.46. The fraction of sp³-hybridized carbons (Fsp3) is 0.529. The van der Waals surface area contributed by atoms with E-state index < -0.39 is 15.9 Å². The van der Waals surface area contributed by atoms with Crippen LogP contribution in [0.15, 0.2) is 22.7 Å². The first kappa shape index (κ1) is 20.8. The predicted molar refractivity (Wildman–Crippen MR) is 99.8 cm³/mol. The first-order valence-corrected chi connectivity index (χ1v) is 11.0. The molecule has 0 radical (unpaired) electrons. The zero-order chi connectivity index (χ0) is 19.3. The Balaban J connectivity index is 1.73. The summed E-state index contributed by atoms with van der Waals surface area (Å²) >= 11 is 3.17. The lowest BCUT2D eigenvalue weighted by atomic mass is 10.1. The monoisotopic (exact) mass is 448 g/mol. The van der Waals surface area contributed by atoms with E-state index in [0.717, 1.165) is 0 Å². The van der Waals surface area contributed by atoms with Crippen LogP contribution in [0.4, 0.5) is 4.39 Å². The van der Waals surface area contributed by atoms with Crippen molar-refractivity contribution in [1.29, 1.82) is 0 Å². The molecule has 144 valence electrons. The molecule has 2 unspecified atom stereocenters. The van der Waals surface area contributed by atoms with Crippen molar-refractivity contribution in [2.75, 3.05) is 18.1 Å². The summed E-state index contributed by atoms with van der Waals surface area (Å²) in [7, 11) is -2.98. The Morgan fingerprint density at radius 1 is 1.38 bits per heavy atom. The molecule has 0 saturated carbocycles. The van der Waals surface area contributed by atoms with Gasteiger partial charge in [-0.15, -0.1) is 0 Å². The summed E-state index contributed by atoms with van der Waals surface area (Å²) in [6, 6.07) is 3.91. The van der Waals surface area contributed by atoms with Crippen molar-refractivity contribution in [3.05, 3.63) is 34.1 Å². The molecule has 6 nitrogen and oxygen atoms in total. The number of hydrogen-bond donors (Lipinski definition) is 2. The highest BCUT2D eigenvalue weighted by Crippen LogP contribution is 2.18. The molecule has 0 spiro atoms. The molecule has 2 atom stereocenters. The average Bonchev–Trinajstić information content (AvgIpc) is 2.90. The third kappa shape index (κ3) is 6.35. The standard InChI is InChI=1S/C17H22BrFN2O4S/c1-11(17(23)20-9-12-6-7-26(24,25)10-12)21-16(22)5-3-13-2-4-14(18)8-15(13)19/h2,4,8,11-12H,3,5-7,9-10H2,1H3,(H,20,23)(H,21,22). The van der Waals surface area contributed by atoms with Gasteiger partial charge in [-0.1, -0.05) is 22.0 Å². The number of carbonyl (C=O) groups is 2.